The summed E-state index contributed by atoms with van der Waals surface area (Å²) in [5.74, 6) is 0.870. The lowest BCUT2D eigenvalue weighted by Gasteiger charge is -1.98. The van der Waals surface area contributed by atoms with Crippen LogP contribution in [0.2, 0.25) is 0 Å². The first-order chi connectivity index (χ1) is 7.90. The first-order valence-corrected chi connectivity index (χ1v) is 5.97. The van der Waals surface area contributed by atoms with Crippen molar-refractivity contribution in [2.45, 2.75) is 5.16 Å². The van der Waals surface area contributed by atoms with Gasteiger partial charge in [-0.3, -0.25) is 0 Å². The van der Waals surface area contributed by atoms with E-state index in [9.17, 15) is 0 Å². The van der Waals surface area contributed by atoms with Gasteiger partial charge < -0.3 is 4.74 Å². The standard InChI is InChI=1S/C11H13N3OS/c1-15-7-8-16-11-12-9-14(13-11)10-5-3-2-4-6-10/h2-6,9H,7-8H2,1H3. The molecule has 0 N–H and O–H groups in total. The highest BCUT2D eigenvalue weighted by Gasteiger charge is 2.02. The van der Waals surface area contributed by atoms with Crippen molar-refractivity contribution < 1.29 is 4.74 Å². The van der Waals surface area contributed by atoms with E-state index in [1.807, 2.05) is 30.3 Å². The van der Waals surface area contributed by atoms with Crippen molar-refractivity contribution in [1.82, 2.24) is 14.8 Å². The van der Waals surface area contributed by atoms with Crippen molar-refractivity contribution >= 4 is 11.8 Å². The van der Waals surface area contributed by atoms with Gasteiger partial charge in [-0.05, 0) is 12.1 Å². The van der Waals surface area contributed by atoms with Gasteiger partial charge in [-0.25, -0.2) is 9.67 Å². The Morgan fingerprint density at radius 3 is 2.88 bits per heavy atom. The maximum Gasteiger partial charge on any atom is 0.208 e. The van der Waals surface area contributed by atoms with Crippen molar-refractivity contribution in [3.8, 4) is 5.69 Å². The lowest BCUT2D eigenvalue weighted by Crippen LogP contribution is -1.95. The number of hydrogen-bond acceptors (Lipinski definition) is 4. The summed E-state index contributed by atoms with van der Waals surface area (Å²) in [6.45, 7) is 0.713. The van der Waals surface area contributed by atoms with Crippen molar-refractivity contribution in [1.29, 1.82) is 0 Å². The molecule has 84 valence electrons. The van der Waals surface area contributed by atoms with E-state index in [-0.39, 0.29) is 0 Å². The predicted molar refractivity (Wildman–Crippen MR) is 64.0 cm³/mol. The third-order valence-electron chi connectivity index (χ3n) is 2.01. The summed E-state index contributed by atoms with van der Waals surface area (Å²) in [5.41, 5.74) is 1.02. The smallest absolute Gasteiger partial charge is 0.208 e. The summed E-state index contributed by atoms with van der Waals surface area (Å²) in [6, 6.07) is 9.94. The van der Waals surface area contributed by atoms with Crippen molar-refractivity contribution in [2.75, 3.05) is 19.5 Å². The Morgan fingerprint density at radius 1 is 1.31 bits per heavy atom. The van der Waals surface area contributed by atoms with E-state index < -0.39 is 0 Å². The minimum atomic E-state index is 0.713. The summed E-state index contributed by atoms with van der Waals surface area (Å²) in [6.07, 6.45) is 1.73. The van der Waals surface area contributed by atoms with Gasteiger partial charge in [0, 0.05) is 12.9 Å². The Morgan fingerprint density at radius 2 is 2.12 bits per heavy atom. The fraction of sp³-hybridized carbons (Fsp3) is 0.273. The van der Waals surface area contributed by atoms with Gasteiger partial charge in [0.1, 0.15) is 6.33 Å². The molecule has 0 fully saturated rings. The van der Waals surface area contributed by atoms with E-state index in [4.69, 9.17) is 4.74 Å². The van der Waals surface area contributed by atoms with E-state index in [0.29, 0.717) is 6.61 Å². The minimum absolute atomic E-state index is 0.713. The normalized spacial score (nSPS) is 10.6. The molecule has 1 heterocycles. The topological polar surface area (TPSA) is 39.9 Å². The second kappa shape index (κ2) is 5.67. The third-order valence-corrected chi connectivity index (χ3v) is 2.83. The van der Waals surface area contributed by atoms with Gasteiger partial charge in [-0.2, -0.15) is 0 Å². The maximum absolute atomic E-state index is 4.97. The van der Waals surface area contributed by atoms with Gasteiger partial charge in [0.15, 0.2) is 0 Å². The summed E-state index contributed by atoms with van der Waals surface area (Å²) >= 11 is 1.59. The van der Waals surface area contributed by atoms with Crippen LogP contribution in [0.1, 0.15) is 0 Å². The van der Waals surface area contributed by atoms with Crippen LogP contribution in [0.25, 0.3) is 5.69 Å². The largest absolute Gasteiger partial charge is 0.384 e. The van der Waals surface area contributed by atoms with Gasteiger partial charge in [-0.1, -0.05) is 30.0 Å². The highest BCUT2D eigenvalue weighted by Crippen LogP contribution is 2.13. The van der Waals surface area contributed by atoms with Crippen LogP contribution in [0.4, 0.5) is 0 Å². The summed E-state index contributed by atoms with van der Waals surface area (Å²) in [5, 5.41) is 5.14. The number of rotatable bonds is 5. The van der Waals surface area contributed by atoms with Crippen LogP contribution >= 0.6 is 11.8 Å². The Bertz CT molecular complexity index is 430. The van der Waals surface area contributed by atoms with Gasteiger partial charge in [0.25, 0.3) is 0 Å². The average molecular weight is 235 g/mol. The lowest BCUT2D eigenvalue weighted by atomic mass is 10.3. The first-order valence-electron chi connectivity index (χ1n) is 4.99. The van der Waals surface area contributed by atoms with Crippen LogP contribution < -0.4 is 0 Å². The Hall–Kier alpha value is -1.33. The quantitative estimate of drug-likeness (QED) is 0.587. The second-order valence-corrected chi connectivity index (χ2v) is 4.21. The molecule has 0 saturated heterocycles. The van der Waals surface area contributed by atoms with Crippen LogP contribution in [0.5, 0.6) is 0 Å². The zero-order valence-corrected chi connectivity index (χ0v) is 9.85. The highest BCUT2D eigenvalue weighted by atomic mass is 32.2. The fourth-order valence-corrected chi connectivity index (χ4v) is 1.94. The molecular formula is C11H13N3OS. The molecule has 0 atom stereocenters. The molecule has 4 nitrogen and oxygen atoms in total. The van der Waals surface area contributed by atoms with Gasteiger partial charge in [0.2, 0.25) is 5.16 Å². The summed E-state index contributed by atoms with van der Waals surface area (Å²) in [7, 11) is 1.69. The number of ether oxygens (including phenoxy) is 1. The zero-order valence-electron chi connectivity index (χ0n) is 9.04. The Labute approximate surface area is 98.6 Å². The number of para-hydroxylation sites is 1. The molecule has 0 spiro atoms. The van der Waals surface area contributed by atoms with E-state index in [1.54, 1.807) is 29.9 Å². The number of nitrogens with zero attached hydrogens (tertiary/aromatic N) is 3. The van der Waals surface area contributed by atoms with Crippen LogP contribution in [-0.2, 0) is 4.74 Å². The SMILES string of the molecule is COCCSc1ncn(-c2ccccc2)n1. The van der Waals surface area contributed by atoms with E-state index >= 15 is 0 Å². The van der Waals surface area contributed by atoms with Gasteiger partial charge in [0.05, 0.1) is 12.3 Å². The second-order valence-electron chi connectivity index (χ2n) is 3.15. The summed E-state index contributed by atoms with van der Waals surface area (Å²) in [4.78, 5) is 4.22. The van der Waals surface area contributed by atoms with Crippen LogP contribution in [0, 0.1) is 0 Å². The third kappa shape index (κ3) is 2.84. The van der Waals surface area contributed by atoms with Crippen molar-refractivity contribution in [3.63, 3.8) is 0 Å². The van der Waals surface area contributed by atoms with Crippen molar-refractivity contribution in [3.05, 3.63) is 36.7 Å². The van der Waals surface area contributed by atoms with Crippen molar-refractivity contribution in [2.24, 2.45) is 0 Å². The zero-order chi connectivity index (χ0) is 11.2. The fourth-order valence-electron chi connectivity index (χ4n) is 1.24. The highest BCUT2D eigenvalue weighted by molar-refractivity contribution is 7.99. The minimum Gasteiger partial charge on any atom is -0.384 e. The van der Waals surface area contributed by atoms with Gasteiger partial charge >= 0.3 is 0 Å². The molecular weight excluding hydrogens is 222 g/mol. The molecule has 5 heteroatoms. The summed E-state index contributed by atoms with van der Waals surface area (Å²) < 4.78 is 6.74. The number of benzene rings is 1. The lowest BCUT2D eigenvalue weighted by molar-refractivity contribution is 0.218. The van der Waals surface area contributed by atoms with Gasteiger partial charge in [-0.15, -0.1) is 5.10 Å². The first kappa shape index (κ1) is 11.2. The van der Waals surface area contributed by atoms with E-state index in [1.165, 1.54) is 0 Å². The molecule has 0 aliphatic rings. The molecule has 0 amide bonds. The monoisotopic (exact) mass is 235 g/mol. The predicted octanol–water partition coefficient (Wildman–Crippen LogP) is 2.01. The van der Waals surface area contributed by atoms with Crippen LogP contribution in [0.3, 0.4) is 0 Å². The molecule has 1 aromatic carbocycles. The number of aromatic nitrogens is 3. The van der Waals surface area contributed by atoms with Crippen LogP contribution in [-0.4, -0.2) is 34.2 Å². The number of methoxy groups -OCH3 is 1. The molecule has 16 heavy (non-hydrogen) atoms. The molecule has 0 aliphatic carbocycles. The van der Waals surface area contributed by atoms with E-state index in [2.05, 4.69) is 10.1 Å². The average Bonchev–Trinajstić information content (AvgIpc) is 2.79. The molecule has 0 bridgehead atoms. The molecule has 0 aliphatic heterocycles. The number of hydrogen-bond donors (Lipinski definition) is 0. The number of thioether (sulfide) groups is 1. The molecule has 0 saturated carbocycles. The molecule has 1 aromatic heterocycles. The van der Waals surface area contributed by atoms with Crippen LogP contribution in [0.15, 0.2) is 41.8 Å². The Balaban J connectivity index is 2.02. The molecule has 0 unspecified atom stereocenters. The van der Waals surface area contributed by atoms with E-state index in [0.717, 1.165) is 16.6 Å². The Kier molecular flexibility index (Phi) is 3.96. The maximum atomic E-state index is 4.97. The molecule has 0 radical (unpaired) electrons. The molecule has 2 rings (SSSR count). The molecule has 2 aromatic rings.